The fraction of sp³-hybridized carbons (Fsp3) is 0.700. The molecule has 0 saturated carbocycles. The van der Waals surface area contributed by atoms with Crippen LogP contribution in [-0.4, -0.2) is 33.8 Å². The number of nitrogens with zero attached hydrogens (tertiary/aromatic N) is 3. The summed E-state index contributed by atoms with van der Waals surface area (Å²) in [6, 6.07) is 2.61. The van der Waals surface area contributed by atoms with Crippen LogP contribution in [0.15, 0.2) is 8.68 Å². The van der Waals surface area contributed by atoms with Crippen molar-refractivity contribution in [1.82, 2.24) is 15.5 Å². The third-order valence-electron chi connectivity index (χ3n) is 1.90. The van der Waals surface area contributed by atoms with E-state index in [4.69, 9.17) is 0 Å². The van der Waals surface area contributed by atoms with Gasteiger partial charge in [0, 0.05) is 11.8 Å². The number of rotatable bonds is 6. The molecule has 7 heteroatoms. The topological polar surface area (TPSA) is 61.6 Å². The third kappa shape index (κ3) is 4.84. The van der Waals surface area contributed by atoms with Crippen LogP contribution >= 0.6 is 34.9 Å². The monoisotopic (exact) mass is 288 g/mol. The van der Waals surface area contributed by atoms with Gasteiger partial charge in [0.25, 0.3) is 0 Å². The van der Waals surface area contributed by atoms with Crippen molar-refractivity contribution in [1.29, 1.82) is 5.26 Å². The minimum atomic E-state index is -0.524. The van der Waals surface area contributed by atoms with Crippen molar-refractivity contribution in [3.63, 3.8) is 0 Å². The zero-order valence-electron chi connectivity index (χ0n) is 10.4. The SMILES string of the molecule is CSc1nnc(SCC(C)(C#N)NC(C)C)s1. The first-order chi connectivity index (χ1) is 7.99. The summed E-state index contributed by atoms with van der Waals surface area (Å²) in [6.45, 7) is 5.99. The molecule has 1 heterocycles. The average Bonchev–Trinajstić information content (AvgIpc) is 2.73. The summed E-state index contributed by atoms with van der Waals surface area (Å²) >= 11 is 4.74. The van der Waals surface area contributed by atoms with E-state index in [1.54, 1.807) is 34.9 Å². The molecule has 1 N–H and O–H groups in total. The van der Waals surface area contributed by atoms with Gasteiger partial charge in [-0.1, -0.05) is 34.9 Å². The van der Waals surface area contributed by atoms with Gasteiger partial charge in [0.15, 0.2) is 8.68 Å². The lowest BCUT2D eigenvalue weighted by Crippen LogP contribution is -2.47. The molecule has 0 aromatic carbocycles. The number of nitriles is 1. The van der Waals surface area contributed by atoms with E-state index in [2.05, 4.69) is 21.6 Å². The molecule has 0 radical (unpaired) electrons. The van der Waals surface area contributed by atoms with Crippen LogP contribution in [0.1, 0.15) is 20.8 Å². The average molecular weight is 288 g/mol. The first kappa shape index (κ1) is 14.8. The maximum absolute atomic E-state index is 9.20. The van der Waals surface area contributed by atoms with E-state index >= 15 is 0 Å². The summed E-state index contributed by atoms with van der Waals surface area (Å²) in [5.74, 6) is 0.671. The quantitative estimate of drug-likeness (QED) is 0.812. The summed E-state index contributed by atoms with van der Waals surface area (Å²) in [5.41, 5.74) is -0.524. The van der Waals surface area contributed by atoms with Crippen LogP contribution in [0.3, 0.4) is 0 Å². The molecule has 1 unspecified atom stereocenters. The van der Waals surface area contributed by atoms with E-state index in [0.29, 0.717) is 5.75 Å². The lowest BCUT2D eigenvalue weighted by atomic mass is 10.1. The van der Waals surface area contributed by atoms with E-state index in [-0.39, 0.29) is 6.04 Å². The first-order valence-corrected chi connectivity index (χ1v) is 8.21. The molecule has 1 aromatic heterocycles. The number of hydrogen-bond donors (Lipinski definition) is 1. The summed E-state index contributed by atoms with van der Waals surface area (Å²) in [5, 5.41) is 20.6. The third-order valence-corrected chi connectivity index (χ3v) is 5.25. The molecular formula is C10H16N4S3. The van der Waals surface area contributed by atoms with Crippen molar-refractivity contribution >= 4 is 34.9 Å². The van der Waals surface area contributed by atoms with Gasteiger partial charge >= 0.3 is 0 Å². The second kappa shape index (κ2) is 6.59. The van der Waals surface area contributed by atoms with Crippen molar-refractivity contribution in [2.24, 2.45) is 0 Å². The first-order valence-electron chi connectivity index (χ1n) is 5.18. The van der Waals surface area contributed by atoms with Crippen molar-refractivity contribution in [3.05, 3.63) is 0 Å². The van der Waals surface area contributed by atoms with E-state index in [1.165, 1.54) is 0 Å². The predicted molar refractivity (Wildman–Crippen MR) is 74.7 cm³/mol. The number of thioether (sulfide) groups is 2. The van der Waals surface area contributed by atoms with E-state index < -0.39 is 5.54 Å². The molecule has 1 rings (SSSR count). The molecule has 0 aliphatic carbocycles. The molecule has 0 amide bonds. The van der Waals surface area contributed by atoms with Gasteiger partial charge in [-0.3, -0.25) is 5.32 Å². The van der Waals surface area contributed by atoms with Crippen LogP contribution in [0.25, 0.3) is 0 Å². The van der Waals surface area contributed by atoms with Gasteiger partial charge < -0.3 is 0 Å². The predicted octanol–water partition coefficient (Wildman–Crippen LogP) is 2.63. The van der Waals surface area contributed by atoms with Crippen LogP contribution in [0, 0.1) is 11.3 Å². The smallest absolute Gasteiger partial charge is 0.175 e. The molecule has 4 nitrogen and oxygen atoms in total. The molecule has 0 spiro atoms. The van der Waals surface area contributed by atoms with Gasteiger partial charge in [0.2, 0.25) is 0 Å². The highest BCUT2D eigenvalue weighted by molar-refractivity contribution is 8.03. The van der Waals surface area contributed by atoms with Crippen molar-refractivity contribution in [2.75, 3.05) is 12.0 Å². The zero-order chi connectivity index (χ0) is 12.9. The number of hydrogen-bond acceptors (Lipinski definition) is 7. The largest absolute Gasteiger partial charge is 0.297 e. The van der Waals surface area contributed by atoms with Crippen molar-refractivity contribution in [3.8, 4) is 6.07 Å². The molecule has 17 heavy (non-hydrogen) atoms. The Kier molecular flexibility index (Phi) is 5.73. The van der Waals surface area contributed by atoms with Gasteiger partial charge in [0.05, 0.1) is 6.07 Å². The minimum Gasteiger partial charge on any atom is -0.297 e. The van der Waals surface area contributed by atoms with Gasteiger partial charge in [0.1, 0.15) is 5.54 Å². The highest BCUT2D eigenvalue weighted by atomic mass is 32.2. The van der Waals surface area contributed by atoms with Gasteiger partial charge in [-0.25, -0.2) is 0 Å². The van der Waals surface area contributed by atoms with Crippen LogP contribution in [0.5, 0.6) is 0 Å². The maximum Gasteiger partial charge on any atom is 0.175 e. The Morgan fingerprint density at radius 1 is 1.47 bits per heavy atom. The van der Waals surface area contributed by atoms with E-state index in [0.717, 1.165) is 8.68 Å². The fourth-order valence-electron chi connectivity index (χ4n) is 1.29. The van der Waals surface area contributed by atoms with Crippen molar-refractivity contribution < 1.29 is 0 Å². The van der Waals surface area contributed by atoms with Crippen LogP contribution < -0.4 is 5.32 Å². The molecule has 0 fully saturated rings. The summed E-state index contributed by atoms with van der Waals surface area (Å²) < 4.78 is 1.88. The van der Waals surface area contributed by atoms with Crippen molar-refractivity contribution in [2.45, 2.75) is 41.0 Å². The highest BCUT2D eigenvalue weighted by Crippen LogP contribution is 2.29. The standard InChI is InChI=1S/C10H16N4S3/c1-7(2)12-10(3,5-11)6-16-9-14-13-8(15-4)17-9/h7,12H,6H2,1-4H3. The Morgan fingerprint density at radius 3 is 2.59 bits per heavy atom. The van der Waals surface area contributed by atoms with Gasteiger partial charge in [-0.15, -0.1) is 10.2 Å². The van der Waals surface area contributed by atoms with E-state index in [9.17, 15) is 5.26 Å². The Hall–Kier alpha value is -0.290. The summed E-state index contributed by atoms with van der Waals surface area (Å²) in [4.78, 5) is 0. The Labute approximate surface area is 115 Å². The maximum atomic E-state index is 9.20. The lowest BCUT2D eigenvalue weighted by Gasteiger charge is -2.24. The van der Waals surface area contributed by atoms with Crippen LogP contribution in [0.4, 0.5) is 0 Å². The number of aromatic nitrogens is 2. The molecule has 0 saturated heterocycles. The molecular weight excluding hydrogens is 272 g/mol. The Balaban J connectivity index is 2.56. The zero-order valence-corrected chi connectivity index (χ0v) is 12.8. The number of nitrogens with one attached hydrogen (secondary N) is 1. The second-order valence-corrected chi connectivity index (χ2v) is 7.32. The normalized spacial score (nSPS) is 14.6. The van der Waals surface area contributed by atoms with Crippen LogP contribution in [0.2, 0.25) is 0 Å². The minimum absolute atomic E-state index is 0.288. The molecule has 1 aromatic rings. The second-order valence-electron chi connectivity index (χ2n) is 4.07. The fourth-order valence-corrected chi connectivity index (χ4v) is 3.76. The summed E-state index contributed by atoms with van der Waals surface area (Å²) in [7, 11) is 0. The van der Waals surface area contributed by atoms with Crippen LogP contribution in [-0.2, 0) is 0 Å². The molecule has 0 bridgehead atoms. The molecule has 94 valence electrons. The Bertz CT molecular complexity index is 399. The molecule has 0 aliphatic heterocycles. The molecule has 1 atom stereocenters. The van der Waals surface area contributed by atoms with E-state index in [1.807, 2.05) is 27.0 Å². The van der Waals surface area contributed by atoms with Gasteiger partial charge in [-0.05, 0) is 27.0 Å². The lowest BCUT2D eigenvalue weighted by molar-refractivity contribution is 0.443. The van der Waals surface area contributed by atoms with Gasteiger partial charge in [-0.2, -0.15) is 5.26 Å². The highest BCUT2D eigenvalue weighted by Gasteiger charge is 2.25. The Morgan fingerprint density at radius 2 is 2.12 bits per heavy atom. The summed E-state index contributed by atoms with van der Waals surface area (Å²) in [6.07, 6.45) is 1.98. The molecule has 0 aliphatic rings.